The highest BCUT2D eigenvalue weighted by Crippen LogP contribution is 2.22. The third kappa shape index (κ3) is 2.99. The van der Waals surface area contributed by atoms with Crippen molar-refractivity contribution in [3.05, 3.63) is 0 Å². The number of hydrogen-bond acceptors (Lipinski definition) is 3. The molecule has 98 valence electrons. The molecule has 2 N–H and O–H groups in total. The number of hydrogen-bond donors (Lipinski definition) is 1. The number of likely N-dealkylation sites (tertiary alicyclic amines) is 2. The van der Waals surface area contributed by atoms with Crippen molar-refractivity contribution < 1.29 is 4.79 Å². The molecule has 0 aromatic rings. The highest BCUT2D eigenvalue weighted by Gasteiger charge is 2.32. The van der Waals surface area contributed by atoms with E-state index in [2.05, 4.69) is 4.90 Å². The van der Waals surface area contributed by atoms with Gasteiger partial charge in [0.15, 0.2) is 0 Å². The number of rotatable bonds is 4. The molecule has 2 fully saturated rings. The lowest BCUT2D eigenvalue weighted by Gasteiger charge is -2.25. The second-order valence-electron chi connectivity index (χ2n) is 5.45. The SMILES string of the molecule is CC(CCN)C(=O)N1CCC(N2CCCC2)C1. The van der Waals surface area contributed by atoms with Crippen LogP contribution < -0.4 is 5.73 Å². The van der Waals surface area contributed by atoms with Crippen molar-refractivity contribution in [2.45, 2.75) is 38.6 Å². The van der Waals surface area contributed by atoms with E-state index in [-0.39, 0.29) is 5.92 Å². The molecule has 0 aromatic heterocycles. The van der Waals surface area contributed by atoms with Crippen LogP contribution in [-0.2, 0) is 4.79 Å². The van der Waals surface area contributed by atoms with Gasteiger partial charge in [0.05, 0.1) is 0 Å². The van der Waals surface area contributed by atoms with E-state index < -0.39 is 0 Å². The lowest BCUT2D eigenvalue weighted by molar-refractivity contribution is -0.134. The number of carbonyl (C=O) groups excluding carboxylic acids is 1. The topological polar surface area (TPSA) is 49.6 Å². The maximum absolute atomic E-state index is 12.1. The van der Waals surface area contributed by atoms with E-state index in [0.717, 1.165) is 25.9 Å². The Hall–Kier alpha value is -0.610. The normalized spacial score (nSPS) is 27.6. The van der Waals surface area contributed by atoms with Gasteiger partial charge in [0, 0.05) is 25.0 Å². The maximum atomic E-state index is 12.1. The smallest absolute Gasteiger partial charge is 0.225 e. The molecule has 2 rings (SSSR count). The zero-order valence-electron chi connectivity index (χ0n) is 10.9. The van der Waals surface area contributed by atoms with Gasteiger partial charge in [0.25, 0.3) is 0 Å². The van der Waals surface area contributed by atoms with E-state index in [4.69, 9.17) is 5.73 Å². The molecule has 0 bridgehead atoms. The van der Waals surface area contributed by atoms with Crippen molar-refractivity contribution in [2.24, 2.45) is 11.7 Å². The van der Waals surface area contributed by atoms with Crippen molar-refractivity contribution >= 4 is 5.91 Å². The van der Waals surface area contributed by atoms with E-state index in [0.29, 0.717) is 18.5 Å². The van der Waals surface area contributed by atoms with Gasteiger partial charge in [-0.25, -0.2) is 0 Å². The molecular formula is C13H25N3O. The van der Waals surface area contributed by atoms with Crippen LogP contribution in [0, 0.1) is 5.92 Å². The fourth-order valence-electron chi connectivity index (χ4n) is 3.03. The Morgan fingerprint density at radius 2 is 2.06 bits per heavy atom. The van der Waals surface area contributed by atoms with E-state index in [1.165, 1.54) is 25.9 Å². The summed E-state index contributed by atoms with van der Waals surface area (Å²) < 4.78 is 0. The van der Waals surface area contributed by atoms with Crippen molar-refractivity contribution in [3.63, 3.8) is 0 Å². The summed E-state index contributed by atoms with van der Waals surface area (Å²) in [6.45, 7) is 6.94. The molecule has 2 aliphatic heterocycles. The largest absolute Gasteiger partial charge is 0.341 e. The molecular weight excluding hydrogens is 214 g/mol. The number of nitrogens with two attached hydrogens (primary N) is 1. The van der Waals surface area contributed by atoms with Crippen LogP contribution in [0.15, 0.2) is 0 Å². The Morgan fingerprint density at radius 1 is 1.35 bits per heavy atom. The summed E-state index contributed by atoms with van der Waals surface area (Å²) in [5.41, 5.74) is 5.51. The van der Waals surface area contributed by atoms with Crippen molar-refractivity contribution in [2.75, 3.05) is 32.7 Å². The standard InChI is InChI=1S/C13H25N3O/c1-11(4-6-14)13(17)16-9-5-12(10-16)15-7-2-3-8-15/h11-12H,2-10,14H2,1H3. The molecule has 0 saturated carbocycles. The quantitative estimate of drug-likeness (QED) is 0.784. The van der Waals surface area contributed by atoms with Crippen LogP contribution in [0.5, 0.6) is 0 Å². The molecule has 4 nitrogen and oxygen atoms in total. The van der Waals surface area contributed by atoms with Gasteiger partial charge in [0.1, 0.15) is 0 Å². The third-order valence-electron chi connectivity index (χ3n) is 4.15. The van der Waals surface area contributed by atoms with Crippen molar-refractivity contribution in [3.8, 4) is 0 Å². The Bertz CT molecular complexity index is 263. The lowest BCUT2D eigenvalue weighted by Crippen LogP contribution is -2.39. The minimum absolute atomic E-state index is 0.0947. The Balaban J connectivity index is 1.82. The first-order chi connectivity index (χ1) is 8.22. The highest BCUT2D eigenvalue weighted by molar-refractivity contribution is 5.78. The van der Waals surface area contributed by atoms with Crippen LogP contribution in [-0.4, -0.2) is 54.5 Å². The first-order valence-corrected chi connectivity index (χ1v) is 6.95. The lowest BCUT2D eigenvalue weighted by atomic mass is 10.1. The molecule has 4 heteroatoms. The summed E-state index contributed by atoms with van der Waals surface area (Å²) >= 11 is 0. The van der Waals surface area contributed by atoms with Crippen LogP contribution in [0.25, 0.3) is 0 Å². The molecule has 2 aliphatic rings. The fourth-order valence-corrected chi connectivity index (χ4v) is 3.03. The summed E-state index contributed by atoms with van der Waals surface area (Å²) in [6.07, 6.45) is 4.62. The first kappa shape index (κ1) is 12.8. The summed E-state index contributed by atoms with van der Waals surface area (Å²) in [5.74, 6) is 0.398. The van der Waals surface area contributed by atoms with Crippen molar-refractivity contribution in [1.29, 1.82) is 0 Å². The van der Waals surface area contributed by atoms with Gasteiger partial charge in [0.2, 0.25) is 5.91 Å². The van der Waals surface area contributed by atoms with Gasteiger partial charge < -0.3 is 10.6 Å². The summed E-state index contributed by atoms with van der Waals surface area (Å²) in [7, 11) is 0. The molecule has 0 radical (unpaired) electrons. The van der Waals surface area contributed by atoms with Crippen LogP contribution >= 0.6 is 0 Å². The second-order valence-corrected chi connectivity index (χ2v) is 5.45. The van der Waals surface area contributed by atoms with E-state index in [1.807, 2.05) is 11.8 Å². The number of amides is 1. The average Bonchev–Trinajstić information content (AvgIpc) is 2.98. The third-order valence-corrected chi connectivity index (χ3v) is 4.15. The Morgan fingerprint density at radius 3 is 2.71 bits per heavy atom. The molecule has 2 saturated heterocycles. The fraction of sp³-hybridized carbons (Fsp3) is 0.923. The van der Waals surface area contributed by atoms with Crippen LogP contribution in [0.1, 0.15) is 32.6 Å². The Kier molecular flexibility index (Phi) is 4.40. The zero-order chi connectivity index (χ0) is 12.3. The maximum Gasteiger partial charge on any atom is 0.225 e. The van der Waals surface area contributed by atoms with Gasteiger partial charge in [-0.3, -0.25) is 9.69 Å². The number of nitrogens with zero attached hydrogens (tertiary/aromatic N) is 2. The molecule has 0 aliphatic carbocycles. The summed E-state index contributed by atoms with van der Waals surface area (Å²) in [6, 6.07) is 0.617. The van der Waals surface area contributed by atoms with Gasteiger partial charge in [-0.15, -0.1) is 0 Å². The first-order valence-electron chi connectivity index (χ1n) is 6.95. The van der Waals surface area contributed by atoms with E-state index >= 15 is 0 Å². The van der Waals surface area contributed by atoms with Gasteiger partial charge in [-0.1, -0.05) is 6.92 Å². The van der Waals surface area contributed by atoms with Crippen molar-refractivity contribution in [1.82, 2.24) is 9.80 Å². The van der Waals surface area contributed by atoms with Gasteiger partial charge >= 0.3 is 0 Å². The summed E-state index contributed by atoms with van der Waals surface area (Å²) in [5, 5.41) is 0. The molecule has 0 aromatic carbocycles. The molecule has 2 atom stereocenters. The molecule has 0 spiro atoms. The van der Waals surface area contributed by atoms with Crippen LogP contribution in [0.2, 0.25) is 0 Å². The average molecular weight is 239 g/mol. The molecule has 2 heterocycles. The minimum atomic E-state index is 0.0947. The van der Waals surface area contributed by atoms with Gasteiger partial charge in [-0.2, -0.15) is 0 Å². The zero-order valence-corrected chi connectivity index (χ0v) is 10.9. The Labute approximate surface area is 104 Å². The highest BCUT2D eigenvalue weighted by atomic mass is 16.2. The summed E-state index contributed by atoms with van der Waals surface area (Å²) in [4.78, 5) is 16.7. The van der Waals surface area contributed by atoms with Gasteiger partial charge in [-0.05, 0) is 45.3 Å². The van der Waals surface area contributed by atoms with E-state index in [1.54, 1.807) is 0 Å². The molecule has 17 heavy (non-hydrogen) atoms. The monoisotopic (exact) mass is 239 g/mol. The van der Waals surface area contributed by atoms with Crippen LogP contribution in [0.4, 0.5) is 0 Å². The predicted octanol–water partition coefficient (Wildman–Crippen LogP) is 0.668. The number of carbonyl (C=O) groups is 1. The second kappa shape index (κ2) is 5.83. The molecule has 1 amide bonds. The minimum Gasteiger partial charge on any atom is -0.341 e. The van der Waals surface area contributed by atoms with E-state index in [9.17, 15) is 4.79 Å². The van der Waals surface area contributed by atoms with Crippen LogP contribution in [0.3, 0.4) is 0 Å². The predicted molar refractivity (Wildman–Crippen MR) is 68.6 cm³/mol. The molecule has 2 unspecified atom stereocenters.